The van der Waals surface area contributed by atoms with Gasteiger partial charge >= 0.3 is 0 Å². The lowest BCUT2D eigenvalue weighted by Crippen LogP contribution is -2.31. The molecule has 0 amide bonds. The van der Waals surface area contributed by atoms with E-state index in [9.17, 15) is 5.11 Å². The maximum atomic E-state index is 9.41. The van der Waals surface area contributed by atoms with Crippen molar-refractivity contribution in [2.45, 2.75) is 38.1 Å². The van der Waals surface area contributed by atoms with Gasteiger partial charge in [0.2, 0.25) is 0 Å². The summed E-state index contributed by atoms with van der Waals surface area (Å²) in [7, 11) is 0. The van der Waals surface area contributed by atoms with Gasteiger partial charge in [0.25, 0.3) is 0 Å². The van der Waals surface area contributed by atoms with Crippen molar-refractivity contribution in [3.05, 3.63) is 35.9 Å². The van der Waals surface area contributed by atoms with Gasteiger partial charge in [-0.3, -0.25) is 0 Å². The Morgan fingerprint density at radius 3 is 2.47 bits per heavy atom. The molecule has 104 valence electrons. The largest absolute Gasteiger partial charge is 0.396 e. The zero-order chi connectivity index (χ0) is 13.1. The third-order valence-electron chi connectivity index (χ3n) is 4.90. The normalized spacial score (nSPS) is 28.5. The van der Waals surface area contributed by atoms with Gasteiger partial charge in [0.05, 0.1) is 0 Å². The molecule has 2 aliphatic rings. The molecule has 0 heterocycles. The van der Waals surface area contributed by atoms with Crippen LogP contribution in [0.25, 0.3) is 0 Å². The van der Waals surface area contributed by atoms with E-state index in [1.807, 2.05) is 0 Å². The molecule has 0 bridgehead atoms. The Bertz CT molecular complexity index is 388. The smallest absolute Gasteiger partial charge is 0.0462 e. The molecule has 3 atom stereocenters. The van der Waals surface area contributed by atoms with Crippen molar-refractivity contribution in [1.29, 1.82) is 0 Å². The Balaban J connectivity index is 1.60. The maximum Gasteiger partial charge on any atom is 0.0462 e. The van der Waals surface area contributed by atoms with E-state index in [1.165, 1.54) is 37.7 Å². The minimum absolute atomic E-state index is 0.367. The summed E-state index contributed by atoms with van der Waals surface area (Å²) in [5, 5.41) is 13.2. The van der Waals surface area contributed by atoms with Crippen molar-refractivity contribution >= 4 is 0 Å². The van der Waals surface area contributed by atoms with Gasteiger partial charge in [0, 0.05) is 12.6 Å². The van der Waals surface area contributed by atoms with Crippen molar-refractivity contribution in [3.63, 3.8) is 0 Å². The van der Waals surface area contributed by atoms with E-state index in [0.29, 0.717) is 24.5 Å². The second-order valence-corrected chi connectivity index (χ2v) is 6.27. The molecule has 2 fully saturated rings. The molecular formula is C17H25NO. The van der Waals surface area contributed by atoms with E-state index in [-0.39, 0.29) is 0 Å². The first-order valence-electron chi connectivity index (χ1n) is 7.77. The predicted octanol–water partition coefficient (Wildman–Crippen LogP) is 3.14. The maximum absolute atomic E-state index is 9.41. The predicted molar refractivity (Wildman–Crippen MR) is 77.8 cm³/mol. The first-order chi connectivity index (χ1) is 9.38. The molecule has 0 radical (unpaired) electrons. The minimum Gasteiger partial charge on any atom is -0.396 e. The molecule has 2 aliphatic carbocycles. The highest BCUT2D eigenvalue weighted by Gasteiger charge is 2.33. The molecule has 2 saturated carbocycles. The monoisotopic (exact) mass is 259 g/mol. The molecular weight excluding hydrogens is 234 g/mol. The van der Waals surface area contributed by atoms with Crippen molar-refractivity contribution < 1.29 is 5.11 Å². The Morgan fingerprint density at radius 1 is 1.05 bits per heavy atom. The molecule has 19 heavy (non-hydrogen) atoms. The lowest BCUT2D eigenvalue weighted by molar-refractivity contribution is 0.189. The van der Waals surface area contributed by atoms with Crippen LogP contribution in [0.15, 0.2) is 30.3 Å². The Kier molecular flexibility index (Phi) is 4.19. The van der Waals surface area contributed by atoms with Crippen molar-refractivity contribution in [3.8, 4) is 0 Å². The van der Waals surface area contributed by atoms with Crippen LogP contribution in [0, 0.1) is 17.8 Å². The number of aliphatic hydroxyl groups is 1. The zero-order valence-corrected chi connectivity index (χ0v) is 11.6. The fraction of sp³-hybridized carbons (Fsp3) is 0.647. The van der Waals surface area contributed by atoms with Crippen LogP contribution in [0.3, 0.4) is 0 Å². The topological polar surface area (TPSA) is 32.3 Å². The number of benzene rings is 1. The van der Waals surface area contributed by atoms with Crippen molar-refractivity contribution in [2.24, 2.45) is 17.8 Å². The standard InChI is InChI=1S/C17H25NO/c19-12-16-8-4-7-15(16)11-18-17(14-9-10-14)13-5-2-1-3-6-13/h1-3,5-6,14-19H,4,7-12H2. The summed E-state index contributed by atoms with van der Waals surface area (Å²) in [6, 6.07) is 11.4. The molecule has 1 aromatic carbocycles. The van der Waals surface area contributed by atoms with Crippen molar-refractivity contribution in [1.82, 2.24) is 5.32 Å². The van der Waals surface area contributed by atoms with Crippen LogP contribution < -0.4 is 5.32 Å². The molecule has 3 unspecified atom stereocenters. The van der Waals surface area contributed by atoms with Crippen molar-refractivity contribution in [2.75, 3.05) is 13.2 Å². The van der Waals surface area contributed by atoms with Crippen LogP contribution in [-0.2, 0) is 0 Å². The molecule has 0 aromatic heterocycles. The molecule has 0 aliphatic heterocycles. The number of aliphatic hydroxyl groups excluding tert-OH is 1. The highest BCUT2D eigenvalue weighted by Crippen LogP contribution is 2.41. The fourth-order valence-electron chi connectivity index (χ4n) is 3.55. The lowest BCUT2D eigenvalue weighted by atomic mass is 9.95. The van der Waals surface area contributed by atoms with Gasteiger partial charge in [-0.2, -0.15) is 0 Å². The second kappa shape index (κ2) is 6.06. The summed E-state index contributed by atoms with van der Waals surface area (Å²) >= 11 is 0. The van der Waals surface area contributed by atoms with E-state index < -0.39 is 0 Å². The third kappa shape index (κ3) is 3.18. The van der Waals surface area contributed by atoms with Crippen LogP contribution >= 0.6 is 0 Å². The summed E-state index contributed by atoms with van der Waals surface area (Å²) in [6.07, 6.45) is 6.50. The van der Waals surface area contributed by atoms with Gasteiger partial charge in [-0.1, -0.05) is 36.8 Å². The minimum atomic E-state index is 0.367. The summed E-state index contributed by atoms with van der Waals surface area (Å²) in [5.41, 5.74) is 1.43. The number of nitrogens with one attached hydrogen (secondary N) is 1. The Hall–Kier alpha value is -0.860. The van der Waals surface area contributed by atoms with Gasteiger partial charge in [-0.15, -0.1) is 0 Å². The molecule has 2 nitrogen and oxygen atoms in total. The van der Waals surface area contributed by atoms with Crippen LogP contribution in [0.1, 0.15) is 43.7 Å². The first kappa shape index (κ1) is 13.1. The number of rotatable bonds is 6. The first-order valence-corrected chi connectivity index (χ1v) is 7.77. The summed E-state index contributed by atoms with van der Waals surface area (Å²) in [5.74, 6) is 2.04. The highest BCUT2D eigenvalue weighted by atomic mass is 16.3. The average Bonchev–Trinajstić information content (AvgIpc) is 3.18. The molecule has 0 saturated heterocycles. The van der Waals surface area contributed by atoms with Crippen LogP contribution in [0.5, 0.6) is 0 Å². The Labute approximate surface area is 116 Å². The SMILES string of the molecule is OCC1CCCC1CNC(c1ccccc1)C1CC1. The van der Waals surface area contributed by atoms with E-state index >= 15 is 0 Å². The number of hydrogen-bond acceptors (Lipinski definition) is 2. The average molecular weight is 259 g/mol. The highest BCUT2D eigenvalue weighted by molar-refractivity contribution is 5.21. The summed E-state index contributed by atoms with van der Waals surface area (Å²) < 4.78 is 0. The second-order valence-electron chi connectivity index (χ2n) is 6.27. The summed E-state index contributed by atoms with van der Waals surface area (Å²) in [6.45, 7) is 1.44. The lowest BCUT2D eigenvalue weighted by Gasteiger charge is -2.24. The van der Waals surface area contributed by atoms with E-state index in [1.54, 1.807) is 0 Å². The number of hydrogen-bond donors (Lipinski definition) is 2. The quantitative estimate of drug-likeness (QED) is 0.822. The third-order valence-corrected chi connectivity index (χ3v) is 4.90. The molecule has 2 N–H and O–H groups in total. The van der Waals surface area contributed by atoms with Crippen LogP contribution in [0.2, 0.25) is 0 Å². The molecule has 1 aromatic rings. The van der Waals surface area contributed by atoms with Gasteiger partial charge < -0.3 is 10.4 Å². The molecule has 0 spiro atoms. The van der Waals surface area contributed by atoms with E-state index in [2.05, 4.69) is 35.6 Å². The van der Waals surface area contributed by atoms with Crippen LogP contribution in [0.4, 0.5) is 0 Å². The van der Waals surface area contributed by atoms with Gasteiger partial charge in [-0.25, -0.2) is 0 Å². The van der Waals surface area contributed by atoms with Gasteiger partial charge in [-0.05, 0) is 55.5 Å². The van der Waals surface area contributed by atoms with Gasteiger partial charge in [0.15, 0.2) is 0 Å². The zero-order valence-electron chi connectivity index (χ0n) is 11.6. The van der Waals surface area contributed by atoms with E-state index in [0.717, 1.165) is 12.5 Å². The van der Waals surface area contributed by atoms with Gasteiger partial charge in [0.1, 0.15) is 0 Å². The van der Waals surface area contributed by atoms with Crippen LogP contribution in [-0.4, -0.2) is 18.3 Å². The Morgan fingerprint density at radius 2 is 1.79 bits per heavy atom. The molecule has 2 heteroatoms. The summed E-state index contributed by atoms with van der Waals surface area (Å²) in [4.78, 5) is 0. The van der Waals surface area contributed by atoms with E-state index in [4.69, 9.17) is 0 Å². The molecule has 3 rings (SSSR count). The fourth-order valence-corrected chi connectivity index (χ4v) is 3.55.